The second kappa shape index (κ2) is 9.60. The van der Waals surface area contributed by atoms with Crippen LogP contribution in [0.5, 0.6) is 0 Å². The van der Waals surface area contributed by atoms with Crippen molar-refractivity contribution in [2.45, 2.75) is 0 Å². The van der Waals surface area contributed by atoms with Crippen LogP contribution in [-0.2, 0) is 0 Å². The number of fused-ring (bicyclic) bond motifs is 1. The Balaban J connectivity index is 0.000000320. The van der Waals surface area contributed by atoms with Gasteiger partial charge in [-0.15, -0.1) is 34.4 Å². The summed E-state index contributed by atoms with van der Waals surface area (Å²) in [6.07, 6.45) is 6.26. The van der Waals surface area contributed by atoms with Gasteiger partial charge in [0.15, 0.2) is 0 Å². The van der Waals surface area contributed by atoms with E-state index in [1.807, 2.05) is 30.0 Å². The zero-order valence-corrected chi connectivity index (χ0v) is 17.8. The molecule has 4 nitrogen and oxygen atoms in total. The highest BCUT2D eigenvalue weighted by Gasteiger charge is 2.12. The Morgan fingerprint density at radius 2 is 1.37 bits per heavy atom. The zero-order chi connectivity index (χ0) is 18.5. The van der Waals surface area contributed by atoms with E-state index >= 15 is 0 Å². The minimum Gasteiger partial charge on any atom is -0.288 e. The number of thioether (sulfide) groups is 1. The molecule has 1 atom stereocenters. The molecule has 1 aromatic rings. The smallest absolute Gasteiger partial charge is 0.205 e. The molecule has 2 heterocycles. The minimum atomic E-state index is -0.266. The standard InChI is InChI=1S/C14H4N2O2S2.C5H6S.H3P/c15-5-9-10(6-16)20-14-12(18)8-4-2-1-3-7(8)11(17)13(14)19-9;1-2-4-6-5-3-1;/h1-4H;1-4H,5H2;1H3. The van der Waals surface area contributed by atoms with Gasteiger partial charge in [-0.2, -0.15) is 20.4 Å². The van der Waals surface area contributed by atoms with Gasteiger partial charge in [0.05, 0.1) is 9.06 Å². The third-order valence-electron chi connectivity index (χ3n) is 3.47. The number of hydrogen-bond acceptors (Lipinski definition) is 7. The lowest BCUT2D eigenvalue weighted by Crippen LogP contribution is -2.13. The molecule has 0 bridgehead atoms. The van der Waals surface area contributed by atoms with E-state index in [1.54, 1.807) is 24.3 Å². The van der Waals surface area contributed by atoms with E-state index in [-0.39, 0.29) is 39.6 Å². The summed E-state index contributed by atoms with van der Waals surface area (Å²) in [5.74, 6) is 1.15. The minimum absolute atomic E-state index is 0. The van der Waals surface area contributed by atoms with Crippen LogP contribution in [0, 0.1) is 31.7 Å². The van der Waals surface area contributed by atoms with Gasteiger partial charge < -0.3 is 0 Å². The van der Waals surface area contributed by atoms with Crippen molar-refractivity contribution in [3.63, 3.8) is 0 Å². The summed E-state index contributed by atoms with van der Waals surface area (Å²) in [4.78, 5) is 25.1. The van der Waals surface area contributed by atoms with Gasteiger partial charge in [-0.05, 0) is 5.41 Å². The Morgan fingerprint density at radius 3 is 1.67 bits per heavy atom. The third-order valence-corrected chi connectivity index (χ3v) is 6.65. The van der Waals surface area contributed by atoms with Crippen LogP contribution in [0.15, 0.2) is 57.5 Å². The molecule has 134 valence electrons. The van der Waals surface area contributed by atoms with E-state index in [4.69, 9.17) is 10.5 Å². The third kappa shape index (κ3) is 4.35. The van der Waals surface area contributed by atoms with Gasteiger partial charge in [-0.3, -0.25) is 9.59 Å². The van der Waals surface area contributed by atoms with E-state index in [0.717, 1.165) is 28.4 Å². The van der Waals surface area contributed by atoms with E-state index in [2.05, 4.69) is 17.6 Å². The van der Waals surface area contributed by atoms with E-state index in [1.165, 1.54) is 0 Å². The second-order valence-electron chi connectivity index (χ2n) is 5.04. The van der Waals surface area contributed by atoms with Crippen molar-refractivity contribution in [2.24, 2.45) is 0 Å². The molecule has 0 spiro atoms. The first-order valence-corrected chi connectivity index (χ1v) is 10.1. The first-order valence-electron chi connectivity index (χ1n) is 7.43. The molecular formula is C19H13N2O2PS3. The maximum atomic E-state index is 12.4. The van der Waals surface area contributed by atoms with Gasteiger partial charge in [-0.25, -0.2) is 0 Å². The lowest BCUT2D eigenvalue weighted by Gasteiger charge is -1.98. The lowest BCUT2D eigenvalue weighted by atomic mass is 10.1. The number of benzene rings is 1. The predicted molar refractivity (Wildman–Crippen MR) is 119 cm³/mol. The van der Waals surface area contributed by atoms with Crippen LogP contribution in [0.1, 0.15) is 9.75 Å². The highest BCUT2D eigenvalue weighted by Crippen LogP contribution is 2.20. The molecular weight excluding hydrogens is 415 g/mol. The molecule has 0 saturated carbocycles. The van der Waals surface area contributed by atoms with Gasteiger partial charge in [0.2, 0.25) is 10.9 Å². The van der Waals surface area contributed by atoms with Crippen molar-refractivity contribution < 1.29 is 0 Å². The van der Waals surface area contributed by atoms with E-state index in [0.29, 0.717) is 10.8 Å². The summed E-state index contributed by atoms with van der Waals surface area (Å²) in [6, 6.07) is 10.4. The SMILES string of the molecule is C1=CCSC=C1.N#Cc1sc2c(=O)c3ccccc3c(=O)c=2sc1C#N.P. The molecule has 0 amide bonds. The molecule has 3 aliphatic rings. The van der Waals surface area contributed by atoms with Crippen LogP contribution in [-0.4, -0.2) is 5.75 Å². The maximum Gasteiger partial charge on any atom is 0.205 e. The largest absolute Gasteiger partial charge is 0.288 e. The van der Waals surface area contributed by atoms with Crippen molar-refractivity contribution in [1.82, 2.24) is 0 Å². The zero-order valence-electron chi connectivity index (χ0n) is 14.0. The second-order valence-corrected chi connectivity index (χ2v) is 8.02. The molecule has 0 fully saturated rings. The first kappa shape index (κ1) is 21.0. The monoisotopic (exact) mass is 428 g/mol. The van der Waals surface area contributed by atoms with E-state index in [9.17, 15) is 9.59 Å². The maximum absolute atomic E-state index is 12.4. The van der Waals surface area contributed by atoms with Crippen LogP contribution >= 0.6 is 44.3 Å². The number of nitrogens with zero attached hydrogens (tertiary/aromatic N) is 2. The number of nitriles is 2. The fourth-order valence-corrected chi connectivity index (χ4v) is 4.89. The van der Waals surface area contributed by atoms with Gasteiger partial charge >= 0.3 is 0 Å². The molecule has 0 aromatic heterocycles. The molecule has 4 rings (SSSR count). The molecule has 1 unspecified atom stereocenters. The van der Waals surface area contributed by atoms with Crippen LogP contribution in [0.25, 0.3) is 10.8 Å². The Kier molecular flexibility index (Phi) is 7.47. The highest BCUT2D eigenvalue weighted by atomic mass is 32.2. The van der Waals surface area contributed by atoms with Gasteiger partial charge in [0.25, 0.3) is 0 Å². The summed E-state index contributed by atoms with van der Waals surface area (Å²) >= 11 is 3.64. The first-order chi connectivity index (χ1) is 12.7. The van der Waals surface area contributed by atoms with Crippen LogP contribution in [0.3, 0.4) is 0 Å². The highest BCUT2D eigenvalue weighted by molar-refractivity contribution is 8.02. The molecule has 1 aromatic carbocycles. The molecule has 1 aliphatic carbocycles. The number of hydrogen-bond donors (Lipinski definition) is 0. The number of rotatable bonds is 0. The van der Waals surface area contributed by atoms with Gasteiger partial charge in [0, 0.05) is 16.5 Å². The van der Waals surface area contributed by atoms with Gasteiger partial charge in [-0.1, -0.05) is 42.5 Å². The number of allylic oxidation sites excluding steroid dienone is 2. The van der Waals surface area contributed by atoms with Crippen molar-refractivity contribution in [3.05, 3.63) is 87.2 Å². The fourth-order valence-electron chi connectivity index (χ4n) is 2.31. The fraction of sp³-hybridized carbons (Fsp3) is 0.0526. The van der Waals surface area contributed by atoms with Gasteiger partial charge in [0.1, 0.15) is 21.9 Å². The Labute approximate surface area is 170 Å². The van der Waals surface area contributed by atoms with Crippen molar-refractivity contribution in [1.29, 1.82) is 10.5 Å². The summed E-state index contributed by atoms with van der Waals surface area (Å²) in [6.45, 7) is 0. The summed E-state index contributed by atoms with van der Waals surface area (Å²) in [5, 5.41) is 20.8. The molecule has 0 radical (unpaired) electrons. The van der Waals surface area contributed by atoms with Crippen LogP contribution < -0.4 is 10.9 Å². The average molecular weight is 429 g/mol. The molecule has 27 heavy (non-hydrogen) atoms. The Hall–Kier alpha value is -2.28. The molecule has 8 heteroatoms. The quantitative estimate of drug-likeness (QED) is 0.505. The predicted octanol–water partition coefficient (Wildman–Crippen LogP) is 4.01. The lowest BCUT2D eigenvalue weighted by molar-refractivity contribution is 1.49. The summed E-state index contributed by atoms with van der Waals surface area (Å²) in [5.41, 5.74) is -0.533. The topological polar surface area (TPSA) is 81.7 Å². The normalized spacial score (nSPS) is 11.8. The Bertz CT molecular complexity index is 1210. The van der Waals surface area contributed by atoms with Crippen molar-refractivity contribution in [3.8, 4) is 12.1 Å². The molecule has 0 saturated heterocycles. The van der Waals surface area contributed by atoms with Crippen molar-refractivity contribution >= 4 is 55.1 Å². The van der Waals surface area contributed by atoms with Crippen molar-refractivity contribution in [2.75, 3.05) is 5.75 Å². The van der Waals surface area contributed by atoms with Crippen LogP contribution in [0.4, 0.5) is 0 Å². The Morgan fingerprint density at radius 1 is 0.852 bits per heavy atom. The average Bonchev–Trinajstić information content (AvgIpc) is 2.72. The molecule has 0 N–H and O–H groups in total. The van der Waals surface area contributed by atoms with Crippen LogP contribution in [0.2, 0.25) is 0 Å². The summed E-state index contributed by atoms with van der Waals surface area (Å²) in [7, 11) is 0. The van der Waals surface area contributed by atoms with E-state index < -0.39 is 0 Å². The summed E-state index contributed by atoms with van der Waals surface area (Å²) < 4.78 is 0.489. The molecule has 2 aliphatic heterocycles.